The predicted molar refractivity (Wildman–Crippen MR) is 127 cm³/mol. The van der Waals surface area contributed by atoms with Gasteiger partial charge in [0.2, 0.25) is 11.8 Å². The second kappa shape index (κ2) is 11.0. The molecule has 35 heavy (non-hydrogen) atoms. The van der Waals surface area contributed by atoms with Gasteiger partial charge in [-0.3, -0.25) is 14.4 Å². The SMILES string of the molecule is CCOC(=O)Oc1ccc(C(=O)N2CCN(C(=O)C3CC(=O)N(Cc4ccccc4)C3)CC2)cc1. The van der Waals surface area contributed by atoms with Crippen LogP contribution in [0.2, 0.25) is 0 Å². The Morgan fingerprint density at radius 2 is 1.57 bits per heavy atom. The van der Waals surface area contributed by atoms with Crippen LogP contribution < -0.4 is 4.74 Å². The molecule has 0 N–H and O–H groups in total. The van der Waals surface area contributed by atoms with Gasteiger partial charge < -0.3 is 24.2 Å². The maximum Gasteiger partial charge on any atom is 0.513 e. The molecule has 2 aromatic rings. The van der Waals surface area contributed by atoms with Crippen molar-refractivity contribution < 1.29 is 28.7 Å². The van der Waals surface area contributed by atoms with Gasteiger partial charge in [0.1, 0.15) is 5.75 Å². The lowest BCUT2D eigenvalue weighted by atomic mass is 10.1. The molecule has 9 nitrogen and oxygen atoms in total. The molecule has 2 aliphatic rings. The van der Waals surface area contributed by atoms with Crippen LogP contribution in [0.5, 0.6) is 5.75 Å². The number of nitrogens with zero attached hydrogens (tertiary/aromatic N) is 3. The molecule has 0 radical (unpaired) electrons. The van der Waals surface area contributed by atoms with E-state index in [1.165, 1.54) is 0 Å². The summed E-state index contributed by atoms with van der Waals surface area (Å²) in [7, 11) is 0. The third kappa shape index (κ3) is 5.98. The van der Waals surface area contributed by atoms with Gasteiger partial charge in [-0.25, -0.2) is 4.79 Å². The number of benzene rings is 2. The highest BCUT2D eigenvalue weighted by atomic mass is 16.7. The second-order valence-electron chi connectivity index (χ2n) is 8.59. The van der Waals surface area contributed by atoms with Gasteiger partial charge in [0.25, 0.3) is 5.91 Å². The Morgan fingerprint density at radius 3 is 2.23 bits per heavy atom. The fourth-order valence-electron chi connectivity index (χ4n) is 4.37. The first-order valence-corrected chi connectivity index (χ1v) is 11.8. The van der Waals surface area contributed by atoms with E-state index in [-0.39, 0.29) is 36.7 Å². The fraction of sp³-hybridized carbons (Fsp3) is 0.385. The minimum absolute atomic E-state index is 0.00333. The van der Waals surface area contributed by atoms with Crippen molar-refractivity contribution in [2.45, 2.75) is 19.9 Å². The molecule has 0 aliphatic carbocycles. The molecular formula is C26H29N3O6. The highest BCUT2D eigenvalue weighted by Gasteiger charge is 2.37. The lowest BCUT2D eigenvalue weighted by molar-refractivity contribution is -0.137. The number of hydrogen-bond acceptors (Lipinski definition) is 6. The molecular weight excluding hydrogens is 450 g/mol. The first-order chi connectivity index (χ1) is 16.9. The Morgan fingerprint density at radius 1 is 0.914 bits per heavy atom. The van der Waals surface area contributed by atoms with E-state index in [0.717, 1.165) is 5.56 Å². The van der Waals surface area contributed by atoms with Crippen molar-refractivity contribution in [3.8, 4) is 5.75 Å². The number of carbonyl (C=O) groups excluding carboxylic acids is 4. The van der Waals surface area contributed by atoms with Crippen molar-refractivity contribution in [2.24, 2.45) is 5.92 Å². The van der Waals surface area contributed by atoms with Crippen molar-refractivity contribution in [1.29, 1.82) is 0 Å². The van der Waals surface area contributed by atoms with Gasteiger partial charge in [-0.1, -0.05) is 30.3 Å². The lowest BCUT2D eigenvalue weighted by Crippen LogP contribution is -2.52. The summed E-state index contributed by atoms with van der Waals surface area (Å²) in [5.41, 5.74) is 1.51. The Kier molecular flexibility index (Phi) is 7.64. The number of carbonyl (C=O) groups is 4. The predicted octanol–water partition coefficient (Wildman–Crippen LogP) is 2.56. The Bertz CT molecular complexity index is 1060. The van der Waals surface area contributed by atoms with Crippen LogP contribution in [0.3, 0.4) is 0 Å². The summed E-state index contributed by atoms with van der Waals surface area (Å²) in [5.74, 6) is -0.231. The highest BCUT2D eigenvalue weighted by molar-refractivity contribution is 5.95. The van der Waals surface area contributed by atoms with Crippen LogP contribution in [-0.2, 0) is 20.9 Å². The summed E-state index contributed by atoms with van der Waals surface area (Å²) >= 11 is 0. The number of ether oxygens (including phenoxy) is 2. The highest BCUT2D eigenvalue weighted by Crippen LogP contribution is 2.23. The first kappa shape index (κ1) is 24.3. The van der Waals surface area contributed by atoms with E-state index >= 15 is 0 Å². The normalized spacial score (nSPS) is 17.9. The molecule has 1 atom stereocenters. The first-order valence-electron chi connectivity index (χ1n) is 11.8. The third-order valence-corrected chi connectivity index (χ3v) is 6.22. The van der Waals surface area contributed by atoms with Crippen molar-refractivity contribution in [1.82, 2.24) is 14.7 Å². The standard InChI is InChI=1S/C26H29N3O6/c1-2-34-26(33)35-22-10-8-20(9-11-22)24(31)27-12-14-28(15-13-27)25(32)21-16-23(30)29(18-21)17-19-6-4-3-5-7-19/h3-11,21H,2,12-18H2,1H3. The van der Waals surface area contributed by atoms with E-state index < -0.39 is 6.16 Å². The van der Waals surface area contributed by atoms with Crippen LogP contribution in [0.1, 0.15) is 29.3 Å². The van der Waals surface area contributed by atoms with Crippen molar-refractivity contribution >= 4 is 23.9 Å². The summed E-state index contributed by atoms with van der Waals surface area (Å²) in [5, 5.41) is 0. The molecule has 2 saturated heterocycles. The lowest BCUT2D eigenvalue weighted by Gasteiger charge is -2.36. The fourth-order valence-corrected chi connectivity index (χ4v) is 4.37. The minimum Gasteiger partial charge on any atom is -0.434 e. The summed E-state index contributed by atoms with van der Waals surface area (Å²) in [6, 6.07) is 16.0. The van der Waals surface area contributed by atoms with Gasteiger partial charge in [0, 0.05) is 51.3 Å². The molecule has 0 bridgehead atoms. The smallest absolute Gasteiger partial charge is 0.434 e. The number of amides is 3. The van der Waals surface area contributed by atoms with E-state index in [4.69, 9.17) is 9.47 Å². The Balaban J connectivity index is 1.26. The molecule has 9 heteroatoms. The van der Waals surface area contributed by atoms with E-state index in [1.54, 1.807) is 45.9 Å². The van der Waals surface area contributed by atoms with E-state index in [0.29, 0.717) is 50.6 Å². The zero-order chi connectivity index (χ0) is 24.8. The van der Waals surface area contributed by atoms with Gasteiger partial charge >= 0.3 is 6.16 Å². The number of hydrogen-bond donors (Lipinski definition) is 0. The van der Waals surface area contributed by atoms with Gasteiger partial charge in [-0.15, -0.1) is 0 Å². The van der Waals surface area contributed by atoms with Crippen molar-refractivity contribution in [3.63, 3.8) is 0 Å². The average molecular weight is 480 g/mol. The minimum atomic E-state index is -0.792. The molecule has 0 spiro atoms. The molecule has 3 amide bonds. The largest absolute Gasteiger partial charge is 0.513 e. The van der Waals surface area contributed by atoms with Gasteiger partial charge in [-0.2, -0.15) is 0 Å². The van der Waals surface area contributed by atoms with Crippen molar-refractivity contribution in [3.05, 3.63) is 65.7 Å². The van der Waals surface area contributed by atoms with E-state index in [2.05, 4.69) is 0 Å². The van der Waals surface area contributed by atoms with Gasteiger partial charge in [-0.05, 0) is 36.8 Å². The zero-order valence-corrected chi connectivity index (χ0v) is 19.7. The van der Waals surface area contributed by atoms with E-state index in [1.807, 2.05) is 30.3 Å². The quantitative estimate of drug-likeness (QED) is 0.467. The molecule has 2 aromatic carbocycles. The molecule has 0 aromatic heterocycles. The van der Waals surface area contributed by atoms with Crippen LogP contribution in [-0.4, -0.2) is 77.9 Å². The summed E-state index contributed by atoms with van der Waals surface area (Å²) in [4.78, 5) is 55.0. The Labute approximate surface area is 204 Å². The topological polar surface area (TPSA) is 96.5 Å². The summed E-state index contributed by atoms with van der Waals surface area (Å²) < 4.78 is 9.75. The molecule has 2 fully saturated rings. The van der Waals surface area contributed by atoms with Crippen LogP contribution in [0.4, 0.5) is 4.79 Å². The number of piperazine rings is 1. The average Bonchev–Trinajstić information content (AvgIpc) is 3.24. The van der Waals surface area contributed by atoms with Gasteiger partial charge in [0.15, 0.2) is 0 Å². The van der Waals surface area contributed by atoms with Crippen LogP contribution >= 0.6 is 0 Å². The molecule has 2 aliphatic heterocycles. The second-order valence-corrected chi connectivity index (χ2v) is 8.59. The Hall–Kier alpha value is -3.88. The van der Waals surface area contributed by atoms with E-state index in [9.17, 15) is 19.2 Å². The summed E-state index contributed by atoms with van der Waals surface area (Å²) in [6.45, 7) is 4.52. The monoisotopic (exact) mass is 479 g/mol. The van der Waals surface area contributed by atoms with Crippen molar-refractivity contribution in [2.75, 3.05) is 39.3 Å². The molecule has 1 unspecified atom stereocenters. The maximum absolute atomic E-state index is 13.1. The van der Waals surface area contributed by atoms with Gasteiger partial charge in [0.05, 0.1) is 12.5 Å². The zero-order valence-electron chi connectivity index (χ0n) is 19.7. The number of rotatable bonds is 6. The van der Waals surface area contributed by atoms with Crippen LogP contribution in [0, 0.1) is 5.92 Å². The van der Waals surface area contributed by atoms with Crippen LogP contribution in [0.15, 0.2) is 54.6 Å². The maximum atomic E-state index is 13.1. The number of likely N-dealkylation sites (tertiary alicyclic amines) is 1. The molecule has 2 heterocycles. The molecule has 184 valence electrons. The van der Waals surface area contributed by atoms with Crippen LogP contribution in [0.25, 0.3) is 0 Å². The third-order valence-electron chi connectivity index (χ3n) is 6.22. The molecule has 4 rings (SSSR count). The molecule has 0 saturated carbocycles. The summed E-state index contributed by atoms with van der Waals surface area (Å²) in [6.07, 6.45) is -0.565.